The molecule has 0 spiro atoms. The van der Waals surface area contributed by atoms with E-state index >= 15 is 0 Å². The third-order valence-corrected chi connectivity index (χ3v) is 2.21. The molecule has 0 aliphatic heterocycles. The molecule has 2 rings (SSSR count). The number of hydrogen-bond acceptors (Lipinski definition) is 3. The second-order valence-electron chi connectivity index (χ2n) is 3.59. The maximum absolute atomic E-state index is 11.8. The fourth-order valence-electron chi connectivity index (χ4n) is 1.36. The second-order valence-corrected chi connectivity index (χ2v) is 3.59. The predicted molar refractivity (Wildman–Crippen MR) is 51.1 cm³/mol. The molecule has 0 atom stereocenters. The quantitative estimate of drug-likeness (QED) is 0.668. The summed E-state index contributed by atoms with van der Waals surface area (Å²) in [6.07, 6.45) is 5.70. The zero-order valence-electron chi connectivity index (χ0n) is 7.90. The molecule has 0 radical (unpaired) electrons. The Bertz CT molecular complexity index is 342. The summed E-state index contributed by atoms with van der Waals surface area (Å²) in [5.41, 5.74) is 0.0231. The highest BCUT2D eigenvalue weighted by molar-refractivity contribution is 5.33. The Hall–Kier alpha value is -1.32. The van der Waals surface area contributed by atoms with E-state index in [0.717, 1.165) is 12.8 Å². The van der Waals surface area contributed by atoms with Gasteiger partial charge in [0.25, 0.3) is 5.56 Å². The van der Waals surface area contributed by atoms with Crippen molar-refractivity contribution in [1.29, 1.82) is 0 Å². The molecule has 0 bridgehead atoms. The van der Waals surface area contributed by atoms with Gasteiger partial charge in [0.1, 0.15) is 0 Å². The van der Waals surface area contributed by atoms with Gasteiger partial charge in [0.15, 0.2) is 5.82 Å². The lowest BCUT2D eigenvalue weighted by molar-refractivity contribution is 0.695. The first kappa shape index (κ1) is 8.29. The number of rotatable bonds is 2. The molecule has 1 aliphatic carbocycles. The topological polar surface area (TPSA) is 38.1 Å². The zero-order chi connectivity index (χ0) is 9.42. The van der Waals surface area contributed by atoms with Gasteiger partial charge in [0.05, 0.1) is 0 Å². The number of nitrogens with zero attached hydrogens (tertiary/aromatic N) is 3. The van der Waals surface area contributed by atoms with Crippen LogP contribution in [0, 0.1) is 0 Å². The van der Waals surface area contributed by atoms with Crippen molar-refractivity contribution in [2.45, 2.75) is 18.9 Å². The van der Waals surface area contributed by atoms with Crippen LogP contribution in [-0.2, 0) is 0 Å². The lowest BCUT2D eigenvalue weighted by Gasteiger charge is -2.11. The molecule has 1 saturated carbocycles. The molecule has 13 heavy (non-hydrogen) atoms. The van der Waals surface area contributed by atoms with Crippen LogP contribution >= 0.6 is 0 Å². The minimum Gasteiger partial charge on any atom is -0.358 e. The van der Waals surface area contributed by atoms with Crippen LogP contribution in [0.4, 0.5) is 5.82 Å². The molecule has 0 saturated heterocycles. The Balaban J connectivity index is 2.48. The van der Waals surface area contributed by atoms with E-state index in [0.29, 0.717) is 11.9 Å². The first-order valence-corrected chi connectivity index (χ1v) is 4.44. The van der Waals surface area contributed by atoms with E-state index < -0.39 is 0 Å². The van der Waals surface area contributed by atoms with Crippen molar-refractivity contribution >= 4 is 5.82 Å². The van der Waals surface area contributed by atoms with Crippen molar-refractivity contribution in [2.75, 3.05) is 19.0 Å². The van der Waals surface area contributed by atoms with Gasteiger partial charge in [-0.3, -0.25) is 4.79 Å². The van der Waals surface area contributed by atoms with Gasteiger partial charge in [-0.2, -0.15) is 0 Å². The lowest BCUT2D eigenvalue weighted by Crippen LogP contribution is -2.27. The van der Waals surface area contributed by atoms with E-state index in [-0.39, 0.29) is 5.56 Å². The Kier molecular flexibility index (Phi) is 1.83. The number of anilines is 1. The summed E-state index contributed by atoms with van der Waals surface area (Å²) in [4.78, 5) is 17.5. The summed E-state index contributed by atoms with van der Waals surface area (Å²) in [6, 6.07) is 0.425. The standard InChI is InChI=1S/C9H13N3O/c1-11(2)8-9(13)12(6-5-10-8)7-3-4-7/h5-7H,3-4H2,1-2H3. The van der Waals surface area contributed by atoms with Crippen LogP contribution in [-0.4, -0.2) is 23.6 Å². The normalized spacial score (nSPS) is 15.8. The number of aromatic nitrogens is 2. The van der Waals surface area contributed by atoms with Crippen LogP contribution in [0.5, 0.6) is 0 Å². The van der Waals surface area contributed by atoms with Crippen molar-refractivity contribution < 1.29 is 0 Å². The van der Waals surface area contributed by atoms with Crippen molar-refractivity contribution in [3.05, 3.63) is 22.7 Å². The molecule has 4 nitrogen and oxygen atoms in total. The average molecular weight is 179 g/mol. The van der Waals surface area contributed by atoms with Gasteiger partial charge in [-0.15, -0.1) is 0 Å². The van der Waals surface area contributed by atoms with Gasteiger partial charge >= 0.3 is 0 Å². The highest BCUT2D eigenvalue weighted by Crippen LogP contribution is 2.33. The molecule has 0 amide bonds. The van der Waals surface area contributed by atoms with Crippen LogP contribution < -0.4 is 10.5 Å². The van der Waals surface area contributed by atoms with Gasteiger partial charge in [0, 0.05) is 32.5 Å². The summed E-state index contributed by atoms with van der Waals surface area (Å²) in [6.45, 7) is 0. The van der Waals surface area contributed by atoms with Gasteiger partial charge in [-0.1, -0.05) is 0 Å². The largest absolute Gasteiger partial charge is 0.358 e. The first-order valence-electron chi connectivity index (χ1n) is 4.44. The van der Waals surface area contributed by atoms with Crippen LogP contribution in [0.25, 0.3) is 0 Å². The third-order valence-electron chi connectivity index (χ3n) is 2.21. The molecule has 70 valence electrons. The lowest BCUT2D eigenvalue weighted by atomic mass is 10.5. The van der Waals surface area contributed by atoms with E-state index in [4.69, 9.17) is 0 Å². The van der Waals surface area contributed by atoms with Gasteiger partial charge in [-0.05, 0) is 12.8 Å². The molecule has 0 unspecified atom stereocenters. The Morgan fingerprint density at radius 2 is 2.23 bits per heavy atom. The van der Waals surface area contributed by atoms with Crippen molar-refractivity contribution in [3.63, 3.8) is 0 Å². The molecular weight excluding hydrogens is 166 g/mol. The summed E-state index contributed by atoms with van der Waals surface area (Å²) in [5, 5.41) is 0. The van der Waals surface area contributed by atoms with Crippen molar-refractivity contribution in [1.82, 2.24) is 9.55 Å². The van der Waals surface area contributed by atoms with Crippen LogP contribution in [0.1, 0.15) is 18.9 Å². The minimum atomic E-state index is 0.0231. The monoisotopic (exact) mass is 179 g/mol. The first-order chi connectivity index (χ1) is 6.20. The maximum Gasteiger partial charge on any atom is 0.293 e. The third kappa shape index (κ3) is 1.43. The van der Waals surface area contributed by atoms with E-state index in [1.807, 2.05) is 14.1 Å². The second kappa shape index (κ2) is 2.87. The molecule has 1 aliphatic rings. The molecular formula is C9H13N3O. The number of hydrogen-bond donors (Lipinski definition) is 0. The molecule has 0 N–H and O–H groups in total. The molecule has 1 aromatic rings. The highest BCUT2D eigenvalue weighted by atomic mass is 16.1. The minimum absolute atomic E-state index is 0.0231. The van der Waals surface area contributed by atoms with E-state index in [2.05, 4.69) is 4.98 Å². The van der Waals surface area contributed by atoms with Crippen LogP contribution in [0.3, 0.4) is 0 Å². The average Bonchev–Trinajstić information content (AvgIpc) is 2.87. The van der Waals surface area contributed by atoms with E-state index in [9.17, 15) is 4.79 Å². The van der Waals surface area contributed by atoms with Gasteiger partial charge in [-0.25, -0.2) is 4.98 Å². The summed E-state index contributed by atoms with van der Waals surface area (Å²) in [7, 11) is 3.67. The van der Waals surface area contributed by atoms with Crippen molar-refractivity contribution in [2.24, 2.45) is 0 Å². The summed E-state index contributed by atoms with van der Waals surface area (Å²) < 4.78 is 1.78. The molecule has 1 heterocycles. The van der Waals surface area contributed by atoms with E-state index in [1.54, 1.807) is 21.9 Å². The molecule has 0 aromatic carbocycles. The molecule has 4 heteroatoms. The summed E-state index contributed by atoms with van der Waals surface area (Å²) in [5.74, 6) is 0.523. The van der Waals surface area contributed by atoms with Crippen LogP contribution in [0.2, 0.25) is 0 Å². The smallest absolute Gasteiger partial charge is 0.293 e. The maximum atomic E-state index is 11.8. The van der Waals surface area contributed by atoms with Crippen LogP contribution in [0.15, 0.2) is 17.2 Å². The molecule has 1 aromatic heterocycles. The highest BCUT2D eigenvalue weighted by Gasteiger charge is 2.25. The SMILES string of the molecule is CN(C)c1nccn(C2CC2)c1=O. The van der Waals surface area contributed by atoms with E-state index in [1.165, 1.54) is 0 Å². The van der Waals surface area contributed by atoms with Gasteiger partial charge < -0.3 is 9.47 Å². The van der Waals surface area contributed by atoms with Crippen molar-refractivity contribution in [3.8, 4) is 0 Å². The predicted octanol–water partition coefficient (Wildman–Crippen LogP) is 0.644. The fourth-order valence-corrected chi connectivity index (χ4v) is 1.36. The fraction of sp³-hybridized carbons (Fsp3) is 0.556. The Labute approximate surface area is 76.8 Å². The molecule has 1 fully saturated rings. The zero-order valence-corrected chi connectivity index (χ0v) is 7.90. The Morgan fingerprint density at radius 3 is 2.77 bits per heavy atom. The Morgan fingerprint density at radius 1 is 1.54 bits per heavy atom. The van der Waals surface area contributed by atoms with Gasteiger partial charge in [0.2, 0.25) is 0 Å². The summed E-state index contributed by atoms with van der Waals surface area (Å²) >= 11 is 0.